The normalized spacial score (nSPS) is 12.1. The van der Waals surface area contributed by atoms with Gasteiger partial charge in [-0.15, -0.1) is 0 Å². The molecule has 0 spiro atoms. The van der Waals surface area contributed by atoms with Gasteiger partial charge in [-0.1, -0.05) is 38.0 Å². The van der Waals surface area contributed by atoms with Crippen LogP contribution in [0.25, 0.3) is 0 Å². The summed E-state index contributed by atoms with van der Waals surface area (Å²) < 4.78 is 5.54. The number of benzene rings is 1. The molecule has 0 saturated heterocycles. The third-order valence-corrected chi connectivity index (χ3v) is 2.87. The fraction of sp³-hybridized carbons (Fsp3) is 0.533. The lowest BCUT2D eigenvalue weighted by Crippen LogP contribution is -2.37. The van der Waals surface area contributed by atoms with Gasteiger partial charge in [0.25, 0.3) is 0 Å². The molecule has 106 valence electrons. The maximum atomic E-state index is 11.0. The van der Waals surface area contributed by atoms with Gasteiger partial charge < -0.3 is 15.2 Å². The lowest BCUT2D eigenvalue weighted by Gasteiger charge is -2.14. The SMILES string of the molecule is CCCCC(NCCCOc1ccccc1)C(=O)O. The van der Waals surface area contributed by atoms with Gasteiger partial charge >= 0.3 is 5.97 Å². The second-order valence-corrected chi connectivity index (χ2v) is 4.50. The number of para-hydroxylation sites is 1. The summed E-state index contributed by atoms with van der Waals surface area (Å²) in [5.74, 6) is 0.0840. The number of nitrogens with one attached hydrogen (secondary N) is 1. The van der Waals surface area contributed by atoms with Crippen molar-refractivity contribution in [1.29, 1.82) is 0 Å². The van der Waals surface area contributed by atoms with Crippen LogP contribution >= 0.6 is 0 Å². The minimum Gasteiger partial charge on any atom is -0.494 e. The standard InChI is InChI=1S/C15H23NO3/c1-2-3-10-14(15(17)18)16-11-7-12-19-13-8-5-4-6-9-13/h4-6,8-9,14,16H,2-3,7,10-12H2,1H3,(H,17,18). The Kier molecular flexibility index (Phi) is 7.66. The van der Waals surface area contributed by atoms with Gasteiger partial charge in [0.1, 0.15) is 11.8 Å². The van der Waals surface area contributed by atoms with E-state index >= 15 is 0 Å². The van der Waals surface area contributed by atoms with Crippen molar-refractivity contribution in [3.05, 3.63) is 30.3 Å². The molecule has 0 bridgehead atoms. The Bertz CT molecular complexity index is 354. The number of carbonyl (C=O) groups is 1. The van der Waals surface area contributed by atoms with E-state index in [1.165, 1.54) is 0 Å². The van der Waals surface area contributed by atoms with E-state index in [9.17, 15) is 4.79 Å². The lowest BCUT2D eigenvalue weighted by molar-refractivity contribution is -0.139. The Labute approximate surface area is 114 Å². The zero-order valence-electron chi connectivity index (χ0n) is 11.5. The molecule has 0 aliphatic rings. The molecule has 0 saturated carbocycles. The van der Waals surface area contributed by atoms with E-state index in [1.807, 2.05) is 30.3 Å². The van der Waals surface area contributed by atoms with E-state index in [4.69, 9.17) is 9.84 Å². The van der Waals surface area contributed by atoms with Crippen LogP contribution in [0.5, 0.6) is 5.75 Å². The Morgan fingerprint density at radius 3 is 2.68 bits per heavy atom. The molecule has 2 N–H and O–H groups in total. The van der Waals surface area contributed by atoms with Crippen LogP contribution in [0.4, 0.5) is 0 Å². The second kappa shape index (κ2) is 9.39. The Hall–Kier alpha value is -1.55. The lowest BCUT2D eigenvalue weighted by atomic mass is 10.1. The van der Waals surface area contributed by atoms with Crippen molar-refractivity contribution in [2.75, 3.05) is 13.2 Å². The van der Waals surface area contributed by atoms with Crippen LogP contribution in [0.2, 0.25) is 0 Å². The first-order chi connectivity index (χ1) is 9.24. The first kappa shape index (κ1) is 15.5. The molecule has 0 aliphatic heterocycles. The molecular weight excluding hydrogens is 242 g/mol. The number of rotatable bonds is 10. The third-order valence-electron chi connectivity index (χ3n) is 2.87. The summed E-state index contributed by atoms with van der Waals surface area (Å²) in [6, 6.07) is 9.19. The van der Waals surface area contributed by atoms with Crippen molar-refractivity contribution in [3.63, 3.8) is 0 Å². The van der Waals surface area contributed by atoms with E-state index in [2.05, 4.69) is 12.2 Å². The quantitative estimate of drug-likeness (QED) is 0.639. The average Bonchev–Trinajstić information content (AvgIpc) is 2.42. The van der Waals surface area contributed by atoms with Gasteiger partial charge in [0, 0.05) is 0 Å². The van der Waals surface area contributed by atoms with Crippen LogP contribution in [0.1, 0.15) is 32.6 Å². The molecular formula is C15H23NO3. The summed E-state index contributed by atoms with van der Waals surface area (Å²) in [6.45, 7) is 3.32. The largest absolute Gasteiger partial charge is 0.494 e. The first-order valence-electron chi connectivity index (χ1n) is 6.88. The van der Waals surface area contributed by atoms with Crippen molar-refractivity contribution in [2.45, 2.75) is 38.6 Å². The maximum absolute atomic E-state index is 11.0. The molecule has 19 heavy (non-hydrogen) atoms. The van der Waals surface area contributed by atoms with Crippen molar-refractivity contribution in [3.8, 4) is 5.75 Å². The number of aliphatic carboxylic acids is 1. The topological polar surface area (TPSA) is 58.6 Å². The van der Waals surface area contributed by atoms with Gasteiger partial charge in [-0.2, -0.15) is 0 Å². The van der Waals surface area contributed by atoms with Gasteiger partial charge in [-0.25, -0.2) is 0 Å². The molecule has 1 atom stereocenters. The molecule has 0 aromatic heterocycles. The maximum Gasteiger partial charge on any atom is 0.320 e. The fourth-order valence-corrected chi connectivity index (χ4v) is 1.78. The Morgan fingerprint density at radius 1 is 1.32 bits per heavy atom. The predicted molar refractivity (Wildman–Crippen MR) is 75.5 cm³/mol. The van der Waals surface area contributed by atoms with Crippen LogP contribution in [0.3, 0.4) is 0 Å². The summed E-state index contributed by atoms with van der Waals surface area (Å²) in [6.07, 6.45) is 3.43. The second-order valence-electron chi connectivity index (χ2n) is 4.50. The summed E-state index contributed by atoms with van der Waals surface area (Å²) >= 11 is 0. The average molecular weight is 265 g/mol. The van der Waals surface area contributed by atoms with Crippen LogP contribution < -0.4 is 10.1 Å². The number of carboxylic acid groups (broad SMARTS) is 1. The van der Waals surface area contributed by atoms with E-state index in [1.54, 1.807) is 0 Å². The zero-order valence-corrected chi connectivity index (χ0v) is 11.5. The van der Waals surface area contributed by atoms with E-state index < -0.39 is 12.0 Å². The van der Waals surface area contributed by atoms with Gasteiger partial charge in [-0.3, -0.25) is 4.79 Å². The third kappa shape index (κ3) is 6.82. The molecule has 1 unspecified atom stereocenters. The molecule has 1 aromatic carbocycles. The van der Waals surface area contributed by atoms with Crippen molar-refractivity contribution in [2.24, 2.45) is 0 Å². The summed E-state index contributed by atoms with van der Waals surface area (Å²) in [5.41, 5.74) is 0. The monoisotopic (exact) mass is 265 g/mol. The van der Waals surface area contributed by atoms with Crippen LogP contribution in [0.15, 0.2) is 30.3 Å². The summed E-state index contributed by atoms with van der Waals surface area (Å²) in [4.78, 5) is 11.0. The van der Waals surface area contributed by atoms with Crippen LogP contribution in [-0.2, 0) is 4.79 Å². The minimum atomic E-state index is -0.766. The number of unbranched alkanes of at least 4 members (excludes halogenated alkanes) is 1. The number of ether oxygens (including phenoxy) is 1. The Balaban J connectivity index is 2.13. The molecule has 0 amide bonds. The molecule has 0 aliphatic carbocycles. The molecule has 0 radical (unpaired) electrons. The predicted octanol–water partition coefficient (Wildman–Crippen LogP) is 2.69. The summed E-state index contributed by atoms with van der Waals surface area (Å²) in [5, 5.41) is 12.1. The molecule has 4 nitrogen and oxygen atoms in total. The van der Waals surface area contributed by atoms with Crippen molar-refractivity contribution >= 4 is 5.97 Å². The van der Waals surface area contributed by atoms with Gasteiger partial charge in [-0.05, 0) is 31.5 Å². The Morgan fingerprint density at radius 2 is 2.05 bits per heavy atom. The molecule has 0 heterocycles. The van der Waals surface area contributed by atoms with Crippen molar-refractivity contribution in [1.82, 2.24) is 5.32 Å². The van der Waals surface area contributed by atoms with E-state index in [-0.39, 0.29) is 0 Å². The highest BCUT2D eigenvalue weighted by Crippen LogP contribution is 2.08. The molecule has 1 aromatic rings. The van der Waals surface area contributed by atoms with Crippen molar-refractivity contribution < 1.29 is 14.6 Å². The summed E-state index contributed by atoms with van der Waals surface area (Å²) in [7, 11) is 0. The molecule has 4 heteroatoms. The highest BCUT2D eigenvalue weighted by Gasteiger charge is 2.14. The van der Waals surface area contributed by atoms with Gasteiger partial charge in [0.15, 0.2) is 0 Å². The molecule has 0 fully saturated rings. The van der Waals surface area contributed by atoms with Gasteiger partial charge in [0.05, 0.1) is 6.61 Å². The highest BCUT2D eigenvalue weighted by atomic mass is 16.5. The number of hydrogen-bond acceptors (Lipinski definition) is 3. The zero-order chi connectivity index (χ0) is 13.9. The van der Waals surface area contributed by atoms with Crippen LogP contribution in [-0.4, -0.2) is 30.3 Å². The van der Waals surface area contributed by atoms with Crippen LogP contribution in [0, 0.1) is 0 Å². The number of hydrogen-bond donors (Lipinski definition) is 2. The smallest absolute Gasteiger partial charge is 0.320 e. The van der Waals surface area contributed by atoms with E-state index in [0.717, 1.165) is 25.0 Å². The minimum absolute atomic E-state index is 0.434. The molecule has 1 rings (SSSR count). The highest BCUT2D eigenvalue weighted by molar-refractivity contribution is 5.73. The van der Waals surface area contributed by atoms with E-state index in [0.29, 0.717) is 19.6 Å². The first-order valence-corrected chi connectivity index (χ1v) is 6.88. The van der Waals surface area contributed by atoms with Gasteiger partial charge in [0.2, 0.25) is 0 Å². The number of carboxylic acids is 1. The fourth-order valence-electron chi connectivity index (χ4n) is 1.78.